The summed E-state index contributed by atoms with van der Waals surface area (Å²) in [5, 5.41) is 9.29. The van der Waals surface area contributed by atoms with Crippen LogP contribution in [0.2, 0.25) is 0 Å². The van der Waals surface area contributed by atoms with Crippen LogP contribution in [-0.4, -0.2) is 30.2 Å². The fraction of sp³-hybridized carbons (Fsp3) is 0.571. The summed E-state index contributed by atoms with van der Waals surface area (Å²) < 4.78 is 5.21. The van der Waals surface area contributed by atoms with E-state index in [0.717, 1.165) is 17.9 Å². The minimum Gasteiger partial charge on any atom is -0.496 e. The van der Waals surface area contributed by atoms with Gasteiger partial charge in [-0.1, -0.05) is 12.5 Å². The third-order valence-electron chi connectivity index (χ3n) is 3.37. The van der Waals surface area contributed by atoms with Crippen LogP contribution in [0.5, 0.6) is 5.75 Å². The fourth-order valence-electron chi connectivity index (χ4n) is 2.43. The van der Waals surface area contributed by atoms with Crippen LogP contribution in [0, 0.1) is 0 Å². The number of hydrogen-bond donors (Lipinski definition) is 1. The number of rotatable bonds is 4. The van der Waals surface area contributed by atoms with Crippen molar-refractivity contribution in [2.45, 2.75) is 32.4 Å². The molecule has 0 saturated carbocycles. The van der Waals surface area contributed by atoms with E-state index in [9.17, 15) is 5.11 Å². The molecule has 0 bridgehead atoms. The molecular formula is C14H21NO2. The summed E-state index contributed by atoms with van der Waals surface area (Å²) in [5.74, 6) is 0.773. The van der Waals surface area contributed by atoms with Gasteiger partial charge in [0.1, 0.15) is 5.75 Å². The molecule has 1 fully saturated rings. The Balaban J connectivity index is 2.05. The van der Waals surface area contributed by atoms with Gasteiger partial charge in [0.15, 0.2) is 0 Å². The maximum absolute atomic E-state index is 9.29. The van der Waals surface area contributed by atoms with Gasteiger partial charge in [0, 0.05) is 12.1 Å². The van der Waals surface area contributed by atoms with Crippen molar-refractivity contribution in [3.8, 4) is 5.75 Å². The van der Waals surface area contributed by atoms with Crippen molar-refractivity contribution < 1.29 is 9.84 Å². The van der Waals surface area contributed by atoms with Crippen LogP contribution in [0.3, 0.4) is 0 Å². The van der Waals surface area contributed by atoms with Gasteiger partial charge in [0.2, 0.25) is 0 Å². The van der Waals surface area contributed by atoms with Crippen LogP contribution in [0.4, 0.5) is 0 Å². The Kier molecular flexibility index (Phi) is 4.40. The van der Waals surface area contributed by atoms with Gasteiger partial charge in [-0.25, -0.2) is 0 Å². The van der Waals surface area contributed by atoms with Crippen molar-refractivity contribution in [3.63, 3.8) is 0 Å². The van der Waals surface area contributed by atoms with E-state index in [1.807, 2.05) is 12.1 Å². The molecule has 1 aromatic rings. The molecule has 0 aliphatic carbocycles. The largest absolute Gasteiger partial charge is 0.496 e. The van der Waals surface area contributed by atoms with Crippen molar-refractivity contribution in [2.75, 3.05) is 20.2 Å². The third-order valence-corrected chi connectivity index (χ3v) is 3.37. The van der Waals surface area contributed by atoms with Crippen LogP contribution >= 0.6 is 0 Å². The molecule has 0 spiro atoms. The molecule has 3 nitrogen and oxygen atoms in total. The molecular weight excluding hydrogens is 214 g/mol. The zero-order valence-electron chi connectivity index (χ0n) is 10.5. The predicted octanol–water partition coefficient (Wildman–Crippen LogP) is 2.17. The molecule has 3 heteroatoms. The second kappa shape index (κ2) is 6.03. The standard InChI is InChI=1S/C14H21NO2/c1-17-14-6-5-12(9-13(14)11-16)10-15-7-3-2-4-8-15/h5-6,9,16H,2-4,7-8,10-11H2,1H3. The lowest BCUT2D eigenvalue weighted by Gasteiger charge is -2.26. The van der Waals surface area contributed by atoms with Gasteiger partial charge in [0.25, 0.3) is 0 Å². The summed E-state index contributed by atoms with van der Waals surface area (Å²) in [5.41, 5.74) is 2.14. The van der Waals surface area contributed by atoms with Gasteiger partial charge in [-0.05, 0) is 43.6 Å². The minimum atomic E-state index is 0.0387. The van der Waals surface area contributed by atoms with Gasteiger partial charge in [-0.15, -0.1) is 0 Å². The highest BCUT2D eigenvalue weighted by molar-refractivity contribution is 5.36. The molecule has 94 valence electrons. The molecule has 0 radical (unpaired) electrons. The maximum Gasteiger partial charge on any atom is 0.124 e. The van der Waals surface area contributed by atoms with Crippen molar-refractivity contribution >= 4 is 0 Å². The molecule has 2 rings (SSSR count). The minimum absolute atomic E-state index is 0.0387. The third kappa shape index (κ3) is 3.20. The molecule has 17 heavy (non-hydrogen) atoms. The van der Waals surface area contributed by atoms with E-state index in [1.165, 1.54) is 37.9 Å². The van der Waals surface area contributed by atoms with E-state index >= 15 is 0 Å². The topological polar surface area (TPSA) is 32.7 Å². The number of ether oxygens (including phenoxy) is 1. The van der Waals surface area contributed by atoms with Gasteiger partial charge in [-0.2, -0.15) is 0 Å². The number of benzene rings is 1. The average molecular weight is 235 g/mol. The van der Waals surface area contributed by atoms with Crippen LogP contribution in [0.15, 0.2) is 18.2 Å². The maximum atomic E-state index is 9.29. The highest BCUT2D eigenvalue weighted by Crippen LogP contribution is 2.21. The normalized spacial score (nSPS) is 17.1. The Bertz CT molecular complexity index is 359. The van der Waals surface area contributed by atoms with Crippen LogP contribution < -0.4 is 4.74 Å². The summed E-state index contributed by atoms with van der Waals surface area (Å²) >= 11 is 0. The summed E-state index contributed by atoms with van der Waals surface area (Å²) in [4.78, 5) is 2.48. The summed E-state index contributed by atoms with van der Waals surface area (Å²) in [6, 6.07) is 6.09. The number of piperidine rings is 1. The quantitative estimate of drug-likeness (QED) is 0.868. The number of hydrogen-bond acceptors (Lipinski definition) is 3. The molecule has 1 aromatic carbocycles. The van der Waals surface area contributed by atoms with E-state index in [-0.39, 0.29) is 6.61 Å². The lowest BCUT2D eigenvalue weighted by atomic mass is 10.1. The van der Waals surface area contributed by atoms with Gasteiger partial charge < -0.3 is 9.84 Å². The number of methoxy groups -OCH3 is 1. The molecule has 1 saturated heterocycles. The van der Waals surface area contributed by atoms with E-state index in [1.54, 1.807) is 7.11 Å². The van der Waals surface area contributed by atoms with E-state index in [2.05, 4.69) is 11.0 Å². The highest BCUT2D eigenvalue weighted by Gasteiger charge is 2.11. The lowest BCUT2D eigenvalue weighted by Crippen LogP contribution is -2.29. The number of aliphatic hydroxyl groups is 1. The Hall–Kier alpha value is -1.06. The predicted molar refractivity (Wildman–Crippen MR) is 68.0 cm³/mol. The number of nitrogens with zero attached hydrogens (tertiary/aromatic N) is 1. The molecule has 1 aliphatic rings. The van der Waals surface area contributed by atoms with E-state index < -0.39 is 0 Å². The smallest absolute Gasteiger partial charge is 0.124 e. The van der Waals surface area contributed by atoms with E-state index in [4.69, 9.17) is 4.74 Å². The monoisotopic (exact) mass is 235 g/mol. The van der Waals surface area contributed by atoms with Gasteiger partial charge in [-0.3, -0.25) is 4.90 Å². The molecule has 1 N–H and O–H groups in total. The first-order valence-corrected chi connectivity index (χ1v) is 6.32. The van der Waals surface area contributed by atoms with Crippen molar-refractivity contribution in [3.05, 3.63) is 29.3 Å². The molecule has 0 amide bonds. The number of likely N-dealkylation sites (tertiary alicyclic amines) is 1. The van der Waals surface area contributed by atoms with Crippen LogP contribution in [0.1, 0.15) is 30.4 Å². The SMILES string of the molecule is COc1ccc(CN2CCCCC2)cc1CO. The first-order valence-electron chi connectivity index (χ1n) is 6.32. The summed E-state index contributed by atoms with van der Waals surface area (Å²) in [6.07, 6.45) is 3.98. The molecule has 0 unspecified atom stereocenters. The van der Waals surface area contributed by atoms with Gasteiger partial charge >= 0.3 is 0 Å². The van der Waals surface area contributed by atoms with E-state index in [0.29, 0.717) is 0 Å². The number of aliphatic hydroxyl groups excluding tert-OH is 1. The Morgan fingerprint density at radius 2 is 2.00 bits per heavy atom. The summed E-state index contributed by atoms with van der Waals surface area (Å²) in [7, 11) is 1.64. The Morgan fingerprint density at radius 1 is 1.24 bits per heavy atom. The van der Waals surface area contributed by atoms with Crippen LogP contribution in [-0.2, 0) is 13.2 Å². The molecule has 1 heterocycles. The zero-order valence-corrected chi connectivity index (χ0v) is 10.5. The zero-order chi connectivity index (χ0) is 12.1. The Morgan fingerprint density at radius 3 is 2.65 bits per heavy atom. The van der Waals surface area contributed by atoms with Crippen molar-refractivity contribution in [1.29, 1.82) is 0 Å². The summed E-state index contributed by atoms with van der Waals surface area (Å²) in [6.45, 7) is 3.41. The van der Waals surface area contributed by atoms with Crippen molar-refractivity contribution in [1.82, 2.24) is 4.90 Å². The highest BCUT2D eigenvalue weighted by atomic mass is 16.5. The molecule has 1 aliphatic heterocycles. The fourth-order valence-corrected chi connectivity index (χ4v) is 2.43. The van der Waals surface area contributed by atoms with Crippen molar-refractivity contribution in [2.24, 2.45) is 0 Å². The molecule has 0 atom stereocenters. The Labute approximate surface area is 103 Å². The second-order valence-electron chi connectivity index (χ2n) is 4.64. The first-order chi connectivity index (χ1) is 8.33. The average Bonchev–Trinajstić information content (AvgIpc) is 2.40. The van der Waals surface area contributed by atoms with Crippen LogP contribution in [0.25, 0.3) is 0 Å². The second-order valence-corrected chi connectivity index (χ2v) is 4.64. The molecule has 0 aromatic heterocycles. The first kappa shape index (κ1) is 12.4. The van der Waals surface area contributed by atoms with Gasteiger partial charge in [0.05, 0.1) is 13.7 Å². The lowest BCUT2D eigenvalue weighted by molar-refractivity contribution is 0.220.